The van der Waals surface area contributed by atoms with Gasteiger partial charge < -0.3 is 15.5 Å². The smallest absolute Gasteiger partial charge is 0.328 e. The number of hydrogen-bond donors (Lipinski definition) is 2. The number of imidazole rings is 1. The van der Waals surface area contributed by atoms with E-state index in [0.29, 0.717) is 24.3 Å². The van der Waals surface area contributed by atoms with Crippen LogP contribution in [-0.2, 0) is 13.0 Å². The van der Waals surface area contributed by atoms with Crippen molar-refractivity contribution in [3.8, 4) is 6.01 Å². The zero-order valence-corrected chi connectivity index (χ0v) is 13.7. The molecule has 3 aromatic rings. The van der Waals surface area contributed by atoms with Crippen LogP contribution in [0.4, 0.5) is 5.82 Å². The molecule has 0 saturated carbocycles. The maximum absolute atomic E-state index is 12.4. The number of nitrogens with two attached hydrogens (primary N) is 1. The molecule has 1 aromatic carbocycles. The molecule has 4 rings (SSSR count). The van der Waals surface area contributed by atoms with E-state index >= 15 is 0 Å². The summed E-state index contributed by atoms with van der Waals surface area (Å²) < 4.78 is 7.18. The predicted octanol–water partition coefficient (Wildman–Crippen LogP) is 2.02. The van der Waals surface area contributed by atoms with Gasteiger partial charge in [-0.15, -0.1) is 0 Å². The van der Waals surface area contributed by atoms with E-state index < -0.39 is 0 Å². The molecule has 7 nitrogen and oxygen atoms in total. The highest BCUT2D eigenvalue weighted by atomic mass is 16.5. The number of aromatic nitrogens is 4. The number of anilines is 1. The Hall–Kier alpha value is -3.09. The molecule has 0 amide bonds. The average Bonchev–Trinajstić information content (AvgIpc) is 2.90. The van der Waals surface area contributed by atoms with Gasteiger partial charge in [-0.2, -0.15) is 9.97 Å². The van der Waals surface area contributed by atoms with Gasteiger partial charge in [0.2, 0.25) is 0 Å². The molecular weight excluding hydrogens is 318 g/mol. The van der Waals surface area contributed by atoms with Gasteiger partial charge in [-0.3, -0.25) is 4.57 Å². The van der Waals surface area contributed by atoms with Gasteiger partial charge in [-0.1, -0.05) is 36.4 Å². The molecule has 3 heterocycles. The van der Waals surface area contributed by atoms with Crippen LogP contribution in [0.2, 0.25) is 0 Å². The van der Waals surface area contributed by atoms with Gasteiger partial charge in [0, 0.05) is 0 Å². The highest BCUT2D eigenvalue weighted by molar-refractivity contribution is 5.81. The van der Waals surface area contributed by atoms with Gasteiger partial charge in [0.25, 0.3) is 0 Å². The standard InChI is InChI=1S/C18H19N5O2/c19-15-14-16-22-17(21-15)25-9-4-2-1-3-6-12-7-5-8-13(10-12)11-23(16)18(24)20-14/h1,3,5,7-8,10H,2,4,6,9,11H2,(H,20,24)(H2,19,21,22). The fourth-order valence-electron chi connectivity index (χ4n) is 2.98. The van der Waals surface area contributed by atoms with Crippen LogP contribution in [0.3, 0.4) is 0 Å². The van der Waals surface area contributed by atoms with E-state index in [2.05, 4.69) is 39.2 Å². The van der Waals surface area contributed by atoms with Crippen LogP contribution in [0, 0.1) is 0 Å². The van der Waals surface area contributed by atoms with Crippen molar-refractivity contribution in [1.82, 2.24) is 19.5 Å². The fraction of sp³-hybridized carbons (Fsp3) is 0.278. The number of nitrogens with one attached hydrogen (secondary N) is 1. The third-order valence-corrected chi connectivity index (χ3v) is 4.23. The van der Waals surface area contributed by atoms with Crippen molar-refractivity contribution in [1.29, 1.82) is 0 Å². The number of fused-ring (bicyclic) bond motifs is 3. The van der Waals surface area contributed by atoms with Gasteiger partial charge in [-0.25, -0.2) is 4.79 Å². The minimum atomic E-state index is -0.261. The van der Waals surface area contributed by atoms with Crippen LogP contribution >= 0.6 is 0 Å². The number of benzene rings is 1. The average molecular weight is 337 g/mol. The normalized spacial score (nSPS) is 14.9. The zero-order chi connectivity index (χ0) is 17.2. The second-order valence-corrected chi connectivity index (χ2v) is 6.09. The Morgan fingerprint density at radius 3 is 3.00 bits per heavy atom. The van der Waals surface area contributed by atoms with Gasteiger partial charge in [0.05, 0.1) is 13.2 Å². The molecule has 3 N–H and O–H groups in total. The summed E-state index contributed by atoms with van der Waals surface area (Å²) in [6, 6.07) is 8.40. The van der Waals surface area contributed by atoms with Crippen molar-refractivity contribution in [2.45, 2.75) is 25.8 Å². The summed E-state index contributed by atoms with van der Waals surface area (Å²) in [4.78, 5) is 23.6. The minimum absolute atomic E-state index is 0.199. The number of aromatic amines is 1. The SMILES string of the molecule is Nc1nc2nc3c1[nH]c(=O)n3Cc1cccc(c1)CC=CCCCO2. The Balaban J connectivity index is 1.85. The van der Waals surface area contributed by atoms with E-state index in [4.69, 9.17) is 10.5 Å². The molecule has 0 radical (unpaired) electrons. The number of rotatable bonds is 0. The molecule has 0 saturated heterocycles. The van der Waals surface area contributed by atoms with E-state index in [9.17, 15) is 4.79 Å². The highest BCUT2D eigenvalue weighted by Gasteiger charge is 2.15. The molecular formula is C18H19N5O2. The lowest BCUT2D eigenvalue weighted by molar-refractivity contribution is 0.289. The number of nitrogen functional groups attached to an aromatic ring is 1. The molecule has 1 aliphatic rings. The van der Waals surface area contributed by atoms with Crippen molar-refractivity contribution < 1.29 is 4.74 Å². The van der Waals surface area contributed by atoms with Crippen LogP contribution in [-0.4, -0.2) is 26.1 Å². The van der Waals surface area contributed by atoms with Crippen LogP contribution < -0.4 is 16.2 Å². The van der Waals surface area contributed by atoms with Crippen molar-refractivity contribution in [2.24, 2.45) is 0 Å². The predicted molar refractivity (Wildman–Crippen MR) is 95.7 cm³/mol. The topological polar surface area (TPSA) is 98.8 Å². The molecule has 128 valence electrons. The molecule has 4 bridgehead atoms. The Morgan fingerprint density at radius 1 is 1.20 bits per heavy atom. The zero-order valence-electron chi connectivity index (χ0n) is 13.7. The maximum Gasteiger partial charge on any atom is 0.328 e. The Labute approximate surface area is 144 Å². The van der Waals surface area contributed by atoms with E-state index in [1.807, 2.05) is 12.1 Å². The largest absolute Gasteiger partial charge is 0.463 e. The number of ether oxygens (including phenoxy) is 1. The van der Waals surface area contributed by atoms with Gasteiger partial charge in [0.1, 0.15) is 5.52 Å². The number of H-pyrrole nitrogens is 1. The maximum atomic E-state index is 12.4. The monoisotopic (exact) mass is 337 g/mol. The Kier molecular flexibility index (Phi) is 3.97. The molecule has 0 atom stereocenters. The molecule has 25 heavy (non-hydrogen) atoms. The summed E-state index contributed by atoms with van der Waals surface area (Å²) in [6.45, 7) is 0.907. The summed E-state index contributed by atoms with van der Waals surface area (Å²) in [6.07, 6.45) is 6.97. The third-order valence-electron chi connectivity index (χ3n) is 4.23. The summed E-state index contributed by atoms with van der Waals surface area (Å²) in [5.41, 5.74) is 8.86. The first-order valence-corrected chi connectivity index (χ1v) is 8.32. The third kappa shape index (κ3) is 3.13. The van der Waals surface area contributed by atoms with E-state index in [0.717, 1.165) is 24.8 Å². The Bertz CT molecular complexity index is 1000. The molecule has 7 heteroatoms. The molecule has 0 aliphatic carbocycles. The summed E-state index contributed by atoms with van der Waals surface area (Å²) in [5.74, 6) is 0.216. The van der Waals surface area contributed by atoms with E-state index in [1.165, 1.54) is 5.56 Å². The van der Waals surface area contributed by atoms with Gasteiger partial charge in [-0.05, 0) is 30.4 Å². The summed E-state index contributed by atoms with van der Waals surface area (Å²) >= 11 is 0. The summed E-state index contributed by atoms with van der Waals surface area (Å²) in [5, 5.41) is 0. The lowest BCUT2D eigenvalue weighted by atomic mass is 10.1. The second kappa shape index (κ2) is 6.43. The number of nitrogens with zero attached hydrogens (tertiary/aromatic N) is 3. The van der Waals surface area contributed by atoms with Crippen molar-refractivity contribution in [3.05, 3.63) is 58.0 Å². The van der Waals surface area contributed by atoms with Gasteiger partial charge >= 0.3 is 11.7 Å². The first-order chi connectivity index (χ1) is 12.2. The van der Waals surface area contributed by atoms with E-state index in [-0.39, 0.29) is 17.5 Å². The first-order valence-electron chi connectivity index (χ1n) is 8.32. The Morgan fingerprint density at radius 2 is 2.08 bits per heavy atom. The van der Waals surface area contributed by atoms with Crippen LogP contribution in [0.15, 0.2) is 41.2 Å². The molecule has 0 fully saturated rings. The van der Waals surface area contributed by atoms with E-state index in [1.54, 1.807) is 4.57 Å². The molecule has 1 aliphatic heterocycles. The van der Waals surface area contributed by atoms with Crippen LogP contribution in [0.5, 0.6) is 6.01 Å². The molecule has 0 unspecified atom stereocenters. The molecule has 0 spiro atoms. The fourth-order valence-corrected chi connectivity index (χ4v) is 2.98. The second-order valence-electron chi connectivity index (χ2n) is 6.09. The lowest BCUT2D eigenvalue weighted by Crippen LogP contribution is -2.18. The van der Waals surface area contributed by atoms with Crippen LogP contribution in [0.1, 0.15) is 24.0 Å². The van der Waals surface area contributed by atoms with Crippen LogP contribution in [0.25, 0.3) is 11.2 Å². The van der Waals surface area contributed by atoms with Crippen molar-refractivity contribution >= 4 is 17.0 Å². The lowest BCUT2D eigenvalue weighted by Gasteiger charge is -2.07. The molecule has 2 aromatic heterocycles. The van der Waals surface area contributed by atoms with Crippen molar-refractivity contribution in [2.75, 3.05) is 12.3 Å². The first kappa shape index (κ1) is 15.4. The highest BCUT2D eigenvalue weighted by Crippen LogP contribution is 2.19. The quantitative estimate of drug-likeness (QED) is 0.612. The minimum Gasteiger partial charge on any atom is -0.463 e. The van der Waals surface area contributed by atoms with Gasteiger partial charge in [0.15, 0.2) is 11.5 Å². The number of hydrogen-bond acceptors (Lipinski definition) is 5. The number of allylic oxidation sites excluding steroid dienone is 2. The summed E-state index contributed by atoms with van der Waals surface area (Å²) in [7, 11) is 0. The van der Waals surface area contributed by atoms with Crippen molar-refractivity contribution in [3.63, 3.8) is 0 Å².